The summed E-state index contributed by atoms with van der Waals surface area (Å²) >= 11 is 0. The Balaban J connectivity index is 0.000000192. The van der Waals surface area contributed by atoms with Crippen LogP contribution in [0.5, 0.6) is 0 Å². The van der Waals surface area contributed by atoms with E-state index in [2.05, 4.69) is 35.9 Å². The summed E-state index contributed by atoms with van der Waals surface area (Å²) < 4.78 is 47.0. The van der Waals surface area contributed by atoms with Gasteiger partial charge < -0.3 is 46.8 Å². The monoisotopic (exact) mass is 928 g/mol. The predicted molar refractivity (Wildman–Crippen MR) is 238 cm³/mol. The molecule has 2 aromatic carbocycles. The number of nitrogens with one attached hydrogen (secondary N) is 2. The summed E-state index contributed by atoms with van der Waals surface area (Å²) in [5.41, 5.74) is 5.27. The molecule has 2 aliphatic rings. The molecule has 0 aliphatic carbocycles. The average Bonchev–Trinajstić information content (AvgIpc) is 4.08. The van der Waals surface area contributed by atoms with E-state index in [4.69, 9.17) is 23.5 Å². The van der Waals surface area contributed by atoms with Crippen molar-refractivity contribution in [1.82, 2.24) is 43.6 Å². The number of ether oxygens (including phenoxy) is 1. The summed E-state index contributed by atoms with van der Waals surface area (Å²) in [5.74, 6) is 1.37. The van der Waals surface area contributed by atoms with Crippen molar-refractivity contribution in [1.29, 1.82) is 0 Å². The Morgan fingerprint density at radius 1 is 0.692 bits per heavy atom. The van der Waals surface area contributed by atoms with Gasteiger partial charge >= 0.3 is 17.8 Å². The van der Waals surface area contributed by atoms with E-state index in [0.29, 0.717) is 59.8 Å². The molecule has 0 bridgehead atoms. The first kappa shape index (κ1) is 46.4. The lowest BCUT2D eigenvalue weighted by molar-refractivity contribution is -0.662. The maximum absolute atomic E-state index is 13.5. The molecule has 8 aromatic rings. The first-order chi connectivity index (χ1) is 30.5. The molecule has 4 N–H and O–H groups in total. The fourth-order valence-corrected chi connectivity index (χ4v) is 7.77. The number of benzene rings is 2. The van der Waals surface area contributed by atoms with Gasteiger partial charge in [0.05, 0.1) is 24.5 Å². The minimum absolute atomic E-state index is 0. The molecular formula is C45H48Cl2F2N12O4. The van der Waals surface area contributed by atoms with E-state index in [0.717, 1.165) is 67.0 Å². The van der Waals surface area contributed by atoms with Gasteiger partial charge in [-0.1, -0.05) is 0 Å². The smallest absolute Gasteiger partial charge is 0.410 e. The second-order valence-corrected chi connectivity index (χ2v) is 16.4. The number of quaternary nitrogens is 1. The Bertz CT molecular complexity index is 2830. The van der Waals surface area contributed by atoms with Crippen LogP contribution >= 0.6 is 12.4 Å². The number of fused-ring (bicyclic) bond motifs is 2. The van der Waals surface area contributed by atoms with Crippen LogP contribution in [0.15, 0.2) is 107 Å². The summed E-state index contributed by atoms with van der Waals surface area (Å²) in [4.78, 5) is 41.5. The van der Waals surface area contributed by atoms with Gasteiger partial charge in [-0.3, -0.25) is 8.80 Å². The van der Waals surface area contributed by atoms with E-state index in [1.807, 2.05) is 35.6 Å². The Morgan fingerprint density at radius 3 is 1.58 bits per heavy atom. The van der Waals surface area contributed by atoms with Crippen molar-refractivity contribution < 1.29 is 44.9 Å². The molecule has 6 aromatic heterocycles. The third kappa shape index (κ3) is 10.7. The lowest BCUT2D eigenvalue weighted by Gasteiger charge is -2.33. The minimum atomic E-state index is -0.513. The number of carbonyl (C=O) groups is 1. The van der Waals surface area contributed by atoms with E-state index in [-0.39, 0.29) is 48.6 Å². The van der Waals surface area contributed by atoms with Crippen molar-refractivity contribution in [3.05, 3.63) is 110 Å². The maximum atomic E-state index is 13.5. The zero-order valence-electron chi connectivity index (χ0n) is 35.8. The first-order valence-corrected chi connectivity index (χ1v) is 21.0. The van der Waals surface area contributed by atoms with Crippen LogP contribution in [0, 0.1) is 11.6 Å². The molecule has 8 heterocycles. The maximum Gasteiger partial charge on any atom is 0.410 e. The van der Waals surface area contributed by atoms with Crippen LogP contribution in [-0.4, -0.2) is 93.6 Å². The van der Waals surface area contributed by atoms with E-state index < -0.39 is 5.60 Å². The highest BCUT2D eigenvalue weighted by molar-refractivity contribution is 5.85. The van der Waals surface area contributed by atoms with E-state index in [1.165, 1.54) is 24.3 Å². The Morgan fingerprint density at radius 2 is 1.14 bits per heavy atom. The highest BCUT2D eigenvalue weighted by Crippen LogP contribution is 2.34. The van der Waals surface area contributed by atoms with E-state index >= 15 is 0 Å². The van der Waals surface area contributed by atoms with Crippen molar-refractivity contribution in [3.63, 3.8) is 0 Å². The number of anilines is 2. The van der Waals surface area contributed by atoms with Crippen LogP contribution < -0.4 is 28.4 Å². The Labute approximate surface area is 385 Å². The quantitative estimate of drug-likeness (QED) is 0.191. The molecule has 0 radical (unpaired) electrons. The zero-order valence-corrected chi connectivity index (χ0v) is 37.4. The molecule has 2 fully saturated rings. The number of carbonyl (C=O) groups excluding carboxylic acids is 1. The Hall–Kier alpha value is -6.63. The number of piperidine rings is 2. The standard InChI is InChI=1S/C25H27FN6O3.C20H19FN6O.2ClH/c1-25(2,3)35-24(33)31-12-9-18(10-13-31)28-22-27-11-8-19(29-22)21-20(16-4-6-17(26)7-5-16)30-23-32(21)14-15-34-23;21-14-3-1-13(2-4-14)17-18(27-11-12-28-20(27)26-17)16-7-10-23-19(25-16)24-15-5-8-22-9-6-15;;/h4-8,11,14-15,18H,9-10,12-13H2,1-3H3,(H,27,28,29);1-4,7,10-12,15,22H,5-6,8-9H2,(H,23,24,25);2*1H. The molecule has 10 rings (SSSR count). The number of hydrogen-bond acceptors (Lipinski definition) is 12. The molecule has 0 saturated carbocycles. The predicted octanol–water partition coefficient (Wildman–Crippen LogP) is 4.76. The summed E-state index contributed by atoms with van der Waals surface area (Å²) in [7, 11) is 0. The molecule has 16 nitrogen and oxygen atoms in total. The van der Waals surface area contributed by atoms with Gasteiger partial charge in [-0.25, -0.2) is 33.5 Å². The third-order valence-corrected chi connectivity index (χ3v) is 10.8. The summed E-state index contributed by atoms with van der Waals surface area (Å²) in [6, 6.07) is 16.6. The van der Waals surface area contributed by atoms with Gasteiger partial charge in [-0.2, -0.15) is 9.97 Å². The number of rotatable bonds is 8. The van der Waals surface area contributed by atoms with E-state index in [9.17, 15) is 13.6 Å². The van der Waals surface area contributed by atoms with Crippen molar-refractivity contribution in [2.24, 2.45) is 0 Å². The molecule has 0 spiro atoms. The first-order valence-electron chi connectivity index (χ1n) is 21.0. The van der Waals surface area contributed by atoms with Gasteiger partial charge in [0.1, 0.15) is 52.5 Å². The van der Waals surface area contributed by atoms with Gasteiger partial charge in [-0.15, -0.1) is 12.4 Å². The molecule has 65 heavy (non-hydrogen) atoms. The molecule has 2 aliphatic heterocycles. The second-order valence-electron chi connectivity index (χ2n) is 16.4. The van der Waals surface area contributed by atoms with Crippen molar-refractivity contribution >= 4 is 42.1 Å². The van der Waals surface area contributed by atoms with Crippen LogP contribution in [0.1, 0.15) is 46.5 Å². The SMILES string of the molecule is CC(C)(C)OC(=O)N1CCC(Nc2nccc(-c3c(-c4ccc(F)cc4)nc4occn34)n2)CC1.Cl.Fc1ccc(-c2nc3occn3c2-c2ccnc(NC3CC[NH2+]CC3)n2)cc1.[Cl-]. The normalized spacial score (nSPS) is 14.6. The number of likely N-dealkylation sites (tertiary alicyclic amines) is 1. The molecule has 2 saturated heterocycles. The number of amides is 1. The van der Waals surface area contributed by atoms with Crippen molar-refractivity contribution in [2.75, 3.05) is 36.8 Å². The number of hydrogen-bond donors (Lipinski definition) is 3. The number of nitrogens with two attached hydrogens (primary N) is 1. The van der Waals surface area contributed by atoms with Gasteiger partial charge in [0, 0.05) is 73.9 Å². The van der Waals surface area contributed by atoms with Crippen LogP contribution in [0.25, 0.3) is 57.0 Å². The number of halogens is 4. The topological polar surface area (TPSA) is 183 Å². The third-order valence-electron chi connectivity index (χ3n) is 10.8. The van der Waals surface area contributed by atoms with Crippen LogP contribution in [0.3, 0.4) is 0 Å². The number of aromatic nitrogens is 8. The van der Waals surface area contributed by atoms with Gasteiger partial charge in [0.2, 0.25) is 11.9 Å². The van der Waals surface area contributed by atoms with Crippen molar-refractivity contribution in [3.8, 4) is 45.3 Å². The summed E-state index contributed by atoms with van der Waals surface area (Å²) in [5, 5.41) is 9.17. The van der Waals surface area contributed by atoms with Gasteiger partial charge in [0.15, 0.2) is 0 Å². The number of nitrogens with zero attached hydrogens (tertiary/aromatic N) is 9. The molecule has 0 atom stereocenters. The van der Waals surface area contributed by atoms with Crippen LogP contribution in [0.2, 0.25) is 0 Å². The van der Waals surface area contributed by atoms with E-state index in [1.54, 1.807) is 72.5 Å². The highest BCUT2D eigenvalue weighted by atomic mass is 35.5. The zero-order chi connectivity index (χ0) is 43.5. The number of imidazole rings is 2. The lowest BCUT2D eigenvalue weighted by Crippen LogP contribution is -3.00. The highest BCUT2D eigenvalue weighted by Gasteiger charge is 2.28. The average molecular weight is 930 g/mol. The Kier molecular flexibility index (Phi) is 14.3. The molecule has 340 valence electrons. The lowest BCUT2D eigenvalue weighted by atomic mass is 10.1. The molecule has 0 unspecified atom stereocenters. The molecule has 1 amide bonds. The second kappa shape index (κ2) is 20.0. The fraction of sp³-hybridized carbons (Fsp3) is 0.311. The van der Waals surface area contributed by atoms with Crippen LogP contribution in [0.4, 0.5) is 25.5 Å². The van der Waals surface area contributed by atoms with Gasteiger partial charge in [0.25, 0.3) is 0 Å². The largest absolute Gasteiger partial charge is 1.00 e. The van der Waals surface area contributed by atoms with Gasteiger partial charge in [-0.05, 0) is 94.3 Å². The molecule has 20 heteroatoms. The minimum Gasteiger partial charge on any atom is -1.00 e. The fourth-order valence-electron chi connectivity index (χ4n) is 7.77. The molecular weight excluding hydrogens is 881 g/mol. The summed E-state index contributed by atoms with van der Waals surface area (Å²) in [6.07, 6.45) is 13.6. The summed E-state index contributed by atoms with van der Waals surface area (Å²) in [6.45, 7) is 9.02. The van der Waals surface area contributed by atoms with Crippen molar-refractivity contribution in [2.45, 2.75) is 64.1 Å². The van der Waals surface area contributed by atoms with Crippen LogP contribution in [-0.2, 0) is 4.74 Å². The number of oxazole rings is 2.